The molecule has 2 aromatic heterocycles. The van der Waals surface area contributed by atoms with Gasteiger partial charge >= 0.3 is 6.03 Å². The lowest BCUT2D eigenvalue weighted by molar-refractivity contribution is 0.262. The molecule has 8 nitrogen and oxygen atoms in total. The van der Waals surface area contributed by atoms with Crippen LogP contribution in [-0.4, -0.2) is 25.8 Å². The van der Waals surface area contributed by atoms with Crippen molar-refractivity contribution in [1.29, 1.82) is 0 Å². The van der Waals surface area contributed by atoms with Gasteiger partial charge in [0.2, 0.25) is 5.88 Å². The third-order valence-corrected chi connectivity index (χ3v) is 5.22. The molecule has 0 radical (unpaired) electrons. The number of carbonyl (C=O) groups excluding carboxylic acids is 1. The molecule has 4 rings (SSSR count). The zero-order valence-electron chi connectivity index (χ0n) is 18.4. The first kappa shape index (κ1) is 21.0. The Bertz CT molecular complexity index is 1250. The lowest BCUT2D eigenvalue weighted by Gasteiger charge is -2.10. The number of hydrogen-bond donors (Lipinski definition) is 2. The van der Waals surface area contributed by atoms with Crippen molar-refractivity contribution in [1.82, 2.24) is 19.7 Å². The highest BCUT2D eigenvalue weighted by Gasteiger charge is 2.08. The Morgan fingerprint density at radius 3 is 2.19 bits per heavy atom. The second kappa shape index (κ2) is 8.89. The molecule has 0 unspecified atom stereocenters. The van der Waals surface area contributed by atoms with Crippen molar-refractivity contribution in [3.05, 3.63) is 83.4 Å². The van der Waals surface area contributed by atoms with Crippen molar-refractivity contribution in [3.8, 4) is 17.4 Å². The van der Waals surface area contributed by atoms with Crippen molar-refractivity contribution >= 4 is 17.4 Å². The molecule has 4 aromatic rings. The molecule has 0 saturated carbocycles. The number of imidazole rings is 1. The van der Waals surface area contributed by atoms with Crippen LogP contribution in [0.5, 0.6) is 11.6 Å². The highest BCUT2D eigenvalue weighted by Crippen LogP contribution is 2.22. The largest absolute Gasteiger partial charge is 0.438 e. The molecule has 0 fully saturated rings. The first-order chi connectivity index (χ1) is 15.4. The maximum atomic E-state index is 12.3. The van der Waals surface area contributed by atoms with Gasteiger partial charge < -0.3 is 15.4 Å². The monoisotopic (exact) mass is 428 g/mol. The van der Waals surface area contributed by atoms with Gasteiger partial charge in [-0.2, -0.15) is 0 Å². The number of nitrogens with zero attached hydrogens (tertiary/aromatic N) is 4. The van der Waals surface area contributed by atoms with Crippen LogP contribution < -0.4 is 15.4 Å². The Labute approximate surface area is 186 Å². The van der Waals surface area contributed by atoms with Crippen LogP contribution in [0.25, 0.3) is 5.82 Å². The molecule has 2 aromatic carbocycles. The topological polar surface area (TPSA) is 94.0 Å². The number of nitrogens with one attached hydrogen (secondary N) is 2. The SMILES string of the molecule is Cc1ccc(NC(=O)Nc2ccc(Oc3ccc(-n4cnc(C)c4C)nn3)cc2)cc1C. The third kappa shape index (κ3) is 4.75. The summed E-state index contributed by atoms with van der Waals surface area (Å²) in [7, 11) is 0. The third-order valence-electron chi connectivity index (χ3n) is 5.22. The van der Waals surface area contributed by atoms with Gasteiger partial charge in [-0.15, -0.1) is 10.2 Å². The van der Waals surface area contributed by atoms with Gasteiger partial charge in [-0.25, -0.2) is 9.78 Å². The van der Waals surface area contributed by atoms with Gasteiger partial charge in [0, 0.05) is 23.1 Å². The maximum Gasteiger partial charge on any atom is 0.323 e. The van der Waals surface area contributed by atoms with Crippen LogP contribution in [-0.2, 0) is 0 Å². The summed E-state index contributed by atoms with van der Waals surface area (Å²) in [5, 5.41) is 14.0. The van der Waals surface area contributed by atoms with Gasteiger partial charge in [-0.3, -0.25) is 4.57 Å². The van der Waals surface area contributed by atoms with E-state index in [0.717, 1.165) is 22.6 Å². The minimum absolute atomic E-state index is 0.312. The number of benzene rings is 2. The minimum atomic E-state index is -0.312. The molecule has 0 spiro atoms. The van der Waals surface area contributed by atoms with E-state index in [-0.39, 0.29) is 6.03 Å². The minimum Gasteiger partial charge on any atom is -0.438 e. The van der Waals surface area contributed by atoms with Crippen LogP contribution in [0.2, 0.25) is 0 Å². The quantitative estimate of drug-likeness (QED) is 0.448. The lowest BCUT2D eigenvalue weighted by Crippen LogP contribution is -2.19. The molecule has 2 heterocycles. The number of aromatic nitrogens is 4. The second-order valence-electron chi connectivity index (χ2n) is 7.52. The summed E-state index contributed by atoms with van der Waals surface area (Å²) >= 11 is 0. The number of hydrogen-bond acceptors (Lipinski definition) is 5. The second-order valence-corrected chi connectivity index (χ2v) is 7.52. The maximum absolute atomic E-state index is 12.3. The highest BCUT2D eigenvalue weighted by atomic mass is 16.5. The summed E-state index contributed by atoms with van der Waals surface area (Å²) in [6.07, 6.45) is 1.72. The van der Waals surface area contributed by atoms with E-state index in [4.69, 9.17) is 4.74 Å². The molecular weight excluding hydrogens is 404 g/mol. The van der Waals surface area contributed by atoms with E-state index in [1.54, 1.807) is 36.7 Å². The number of urea groups is 1. The molecule has 32 heavy (non-hydrogen) atoms. The van der Waals surface area contributed by atoms with Crippen LogP contribution in [0.15, 0.2) is 60.9 Å². The van der Waals surface area contributed by atoms with E-state index < -0.39 is 0 Å². The summed E-state index contributed by atoms with van der Waals surface area (Å²) in [4.78, 5) is 16.5. The van der Waals surface area contributed by atoms with Gasteiger partial charge in [0.15, 0.2) is 5.82 Å². The Balaban J connectivity index is 1.35. The van der Waals surface area contributed by atoms with E-state index in [1.807, 2.05) is 56.5 Å². The number of aryl methyl sites for hydroxylation is 3. The van der Waals surface area contributed by atoms with Crippen molar-refractivity contribution in [3.63, 3.8) is 0 Å². The number of carbonyl (C=O) groups is 1. The Morgan fingerprint density at radius 1 is 0.844 bits per heavy atom. The van der Waals surface area contributed by atoms with Crippen LogP contribution in [0.3, 0.4) is 0 Å². The molecular formula is C24H24N6O2. The standard InChI is InChI=1S/C24H24N6O2/c1-15-5-6-20(13-16(15)2)27-24(31)26-19-7-9-21(10-8-19)32-23-12-11-22(28-29-23)30-14-25-17(3)18(30)4/h5-14H,1-4H3,(H2,26,27,31). The van der Waals surface area contributed by atoms with Gasteiger partial charge in [-0.1, -0.05) is 6.07 Å². The van der Waals surface area contributed by atoms with Crippen LogP contribution in [0.1, 0.15) is 22.5 Å². The normalized spacial score (nSPS) is 10.6. The Kier molecular flexibility index (Phi) is 5.85. The van der Waals surface area contributed by atoms with Gasteiger partial charge in [0.25, 0.3) is 0 Å². The van der Waals surface area contributed by atoms with Crippen LogP contribution in [0.4, 0.5) is 16.2 Å². The fourth-order valence-corrected chi connectivity index (χ4v) is 3.07. The van der Waals surface area contributed by atoms with E-state index in [0.29, 0.717) is 23.1 Å². The zero-order chi connectivity index (χ0) is 22.7. The summed E-state index contributed by atoms with van der Waals surface area (Å²) in [6, 6.07) is 16.1. The predicted molar refractivity (Wildman–Crippen MR) is 124 cm³/mol. The van der Waals surface area contributed by atoms with E-state index in [2.05, 4.69) is 25.8 Å². The lowest BCUT2D eigenvalue weighted by atomic mass is 10.1. The summed E-state index contributed by atoms with van der Waals surface area (Å²) in [5.74, 6) is 1.63. The molecule has 2 N–H and O–H groups in total. The van der Waals surface area contributed by atoms with Gasteiger partial charge in [0.1, 0.15) is 12.1 Å². The molecule has 0 aliphatic carbocycles. The molecule has 162 valence electrons. The first-order valence-corrected chi connectivity index (χ1v) is 10.2. The smallest absolute Gasteiger partial charge is 0.323 e. The fraction of sp³-hybridized carbons (Fsp3) is 0.167. The zero-order valence-corrected chi connectivity index (χ0v) is 18.4. The van der Waals surface area contributed by atoms with Crippen LogP contribution in [0, 0.1) is 27.7 Å². The molecule has 0 aliphatic heterocycles. The Hall–Kier alpha value is -4.20. The summed E-state index contributed by atoms with van der Waals surface area (Å²) in [5.41, 5.74) is 5.65. The van der Waals surface area contributed by atoms with E-state index in [1.165, 1.54) is 5.56 Å². The number of rotatable bonds is 5. The van der Waals surface area contributed by atoms with Crippen molar-refractivity contribution in [2.45, 2.75) is 27.7 Å². The summed E-state index contributed by atoms with van der Waals surface area (Å²) in [6.45, 7) is 7.97. The van der Waals surface area contributed by atoms with Gasteiger partial charge in [-0.05, 0) is 81.3 Å². The number of ether oxygens (including phenoxy) is 1. The highest BCUT2D eigenvalue weighted by molar-refractivity contribution is 5.99. The summed E-state index contributed by atoms with van der Waals surface area (Å²) < 4.78 is 7.63. The van der Waals surface area contributed by atoms with E-state index >= 15 is 0 Å². The average molecular weight is 428 g/mol. The fourth-order valence-electron chi connectivity index (χ4n) is 3.07. The molecule has 8 heteroatoms. The predicted octanol–water partition coefficient (Wildman–Crippen LogP) is 5.33. The molecule has 0 atom stereocenters. The molecule has 0 aliphatic rings. The van der Waals surface area contributed by atoms with Crippen LogP contribution >= 0.6 is 0 Å². The first-order valence-electron chi connectivity index (χ1n) is 10.2. The van der Waals surface area contributed by atoms with Crippen molar-refractivity contribution < 1.29 is 9.53 Å². The molecule has 2 amide bonds. The number of amides is 2. The number of anilines is 2. The average Bonchev–Trinajstić information content (AvgIpc) is 3.11. The molecule has 0 saturated heterocycles. The van der Waals surface area contributed by atoms with Gasteiger partial charge in [0.05, 0.1) is 5.69 Å². The molecule has 0 bridgehead atoms. The van der Waals surface area contributed by atoms with E-state index in [9.17, 15) is 4.79 Å². The van der Waals surface area contributed by atoms with Crippen molar-refractivity contribution in [2.75, 3.05) is 10.6 Å². The van der Waals surface area contributed by atoms with Crippen molar-refractivity contribution in [2.24, 2.45) is 0 Å². The Morgan fingerprint density at radius 2 is 1.56 bits per heavy atom.